The molecule has 1 fully saturated rings. The highest BCUT2D eigenvalue weighted by atomic mass is 19.1. The van der Waals surface area contributed by atoms with Crippen LogP contribution < -0.4 is 0 Å². The molecule has 1 heterocycles. The number of halogens is 1. The minimum atomic E-state index is -0.294. The molecule has 1 saturated carbocycles. The number of amides is 1. The van der Waals surface area contributed by atoms with Crippen LogP contribution in [0.4, 0.5) is 4.39 Å². The normalized spacial score (nSPS) is 13.7. The molecule has 1 aliphatic carbocycles. The number of hydrogen-bond acceptors (Lipinski definition) is 4. The molecule has 150 valence electrons. The van der Waals surface area contributed by atoms with E-state index in [0.29, 0.717) is 17.3 Å². The van der Waals surface area contributed by atoms with Gasteiger partial charge in [-0.2, -0.15) is 4.80 Å². The third kappa shape index (κ3) is 4.50. The monoisotopic (exact) mass is 393 g/mol. The fraction of sp³-hybridized carbons (Fsp3) is 0.364. The Labute approximate surface area is 169 Å². The molecule has 7 heteroatoms. The minimum Gasteiger partial charge on any atom is -0.334 e. The summed E-state index contributed by atoms with van der Waals surface area (Å²) < 4.78 is 14.0. The van der Waals surface area contributed by atoms with Gasteiger partial charge in [0.1, 0.15) is 12.4 Å². The van der Waals surface area contributed by atoms with Gasteiger partial charge in [0.25, 0.3) is 0 Å². The molecule has 0 N–H and O–H groups in total. The number of nitrogens with zero attached hydrogens (tertiary/aromatic N) is 5. The van der Waals surface area contributed by atoms with E-state index in [1.807, 2.05) is 12.1 Å². The summed E-state index contributed by atoms with van der Waals surface area (Å²) in [6, 6.07) is 14.8. The van der Waals surface area contributed by atoms with Crippen molar-refractivity contribution in [2.45, 2.75) is 51.7 Å². The molecule has 3 aromatic rings. The lowest BCUT2D eigenvalue weighted by atomic mass is 10.0. The molecular weight excluding hydrogens is 369 g/mol. The van der Waals surface area contributed by atoms with Gasteiger partial charge in [0.2, 0.25) is 11.7 Å². The lowest BCUT2D eigenvalue weighted by Crippen LogP contribution is -2.36. The summed E-state index contributed by atoms with van der Waals surface area (Å²) in [5.41, 5.74) is 2.62. The zero-order chi connectivity index (χ0) is 20.4. The maximum absolute atomic E-state index is 14.0. The third-order valence-electron chi connectivity index (χ3n) is 5.17. The number of carbonyl (C=O) groups excluding carboxylic acids is 1. The number of rotatable bonds is 7. The van der Waals surface area contributed by atoms with Gasteiger partial charge in [-0.1, -0.05) is 56.3 Å². The number of aromatic nitrogens is 4. The quantitative estimate of drug-likeness (QED) is 0.613. The zero-order valence-electron chi connectivity index (χ0n) is 16.6. The van der Waals surface area contributed by atoms with Gasteiger partial charge in [0, 0.05) is 23.7 Å². The Bertz CT molecular complexity index is 994. The predicted octanol–water partition coefficient (Wildman–Crippen LogP) is 3.79. The standard InChI is InChI=1S/C22H24FN5O/c1-15(2)16-7-9-17(10-8-16)22-24-26-28(25-22)14-21(29)27(19-11-12-19)13-18-5-3-4-6-20(18)23/h3-10,15,19H,11-14H2,1-2H3. The van der Waals surface area contributed by atoms with Gasteiger partial charge in [0.15, 0.2) is 0 Å². The van der Waals surface area contributed by atoms with Crippen molar-refractivity contribution in [2.75, 3.05) is 0 Å². The third-order valence-corrected chi connectivity index (χ3v) is 5.17. The van der Waals surface area contributed by atoms with E-state index < -0.39 is 0 Å². The molecule has 0 bridgehead atoms. The van der Waals surface area contributed by atoms with Crippen LogP contribution in [0, 0.1) is 5.82 Å². The molecule has 1 amide bonds. The zero-order valence-corrected chi connectivity index (χ0v) is 16.6. The summed E-state index contributed by atoms with van der Waals surface area (Å²) in [5.74, 6) is 0.514. The molecule has 0 spiro atoms. The van der Waals surface area contributed by atoms with Crippen molar-refractivity contribution in [3.05, 3.63) is 65.5 Å². The molecule has 0 saturated heterocycles. The van der Waals surface area contributed by atoms with Crippen molar-refractivity contribution in [2.24, 2.45) is 0 Å². The number of hydrogen-bond donors (Lipinski definition) is 0. The van der Waals surface area contributed by atoms with Crippen LogP contribution in [0.3, 0.4) is 0 Å². The summed E-state index contributed by atoms with van der Waals surface area (Å²) in [5, 5.41) is 12.5. The molecule has 1 aliphatic rings. The van der Waals surface area contributed by atoms with Crippen LogP contribution >= 0.6 is 0 Å². The van der Waals surface area contributed by atoms with Gasteiger partial charge in [-0.3, -0.25) is 4.79 Å². The first-order chi connectivity index (χ1) is 14.0. The highest BCUT2D eigenvalue weighted by molar-refractivity contribution is 5.76. The van der Waals surface area contributed by atoms with E-state index in [-0.39, 0.29) is 30.9 Å². The average molecular weight is 393 g/mol. The van der Waals surface area contributed by atoms with Gasteiger partial charge in [-0.15, -0.1) is 10.2 Å². The van der Waals surface area contributed by atoms with E-state index in [0.717, 1.165) is 18.4 Å². The fourth-order valence-electron chi connectivity index (χ4n) is 3.27. The molecule has 0 radical (unpaired) electrons. The lowest BCUT2D eigenvalue weighted by molar-refractivity contribution is -0.133. The first-order valence-corrected chi connectivity index (χ1v) is 9.92. The second-order valence-corrected chi connectivity index (χ2v) is 7.76. The summed E-state index contributed by atoms with van der Waals surface area (Å²) in [6.45, 7) is 4.53. The Balaban J connectivity index is 1.45. The van der Waals surface area contributed by atoms with Gasteiger partial charge >= 0.3 is 0 Å². The van der Waals surface area contributed by atoms with Crippen LogP contribution in [0.15, 0.2) is 48.5 Å². The minimum absolute atomic E-state index is 0.0119. The highest BCUT2D eigenvalue weighted by Gasteiger charge is 2.33. The largest absolute Gasteiger partial charge is 0.334 e. The summed E-state index contributed by atoms with van der Waals surface area (Å²) in [4.78, 5) is 15.9. The maximum Gasteiger partial charge on any atom is 0.246 e. The van der Waals surface area contributed by atoms with E-state index in [4.69, 9.17) is 0 Å². The van der Waals surface area contributed by atoms with Gasteiger partial charge in [0.05, 0.1) is 0 Å². The molecule has 4 rings (SSSR count). The Morgan fingerprint density at radius 1 is 1.17 bits per heavy atom. The van der Waals surface area contributed by atoms with Crippen LogP contribution in [0.1, 0.15) is 43.7 Å². The molecule has 6 nitrogen and oxygen atoms in total. The van der Waals surface area contributed by atoms with Crippen LogP contribution in [-0.4, -0.2) is 37.1 Å². The first-order valence-electron chi connectivity index (χ1n) is 9.92. The molecule has 29 heavy (non-hydrogen) atoms. The van der Waals surface area contributed by atoms with Crippen molar-refractivity contribution in [3.63, 3.8) is 0 Å². The Hall–Kier alpha value is -3.09. The number of carbonyl (C=O) groups is 1. The van der Waals surface area contributed by atoms with Crippen molar-refractivity contribution in [3.8, 4) is 11.4 Å². The maximum atomic E-state index is 14.0. The molecule has 0 atom stereocenters. The Morgan fingerprint density at radius 2 is 1.90 bits per heavy atom. The smallest absolute Gasteiger partial charge is 0.246 e. The SMILES string of the molecule is CC(C)c1ccc(-c2nnn(CC(=O)N(Cc3ccccc3F)C3CC3)n2)cc1. The highest BCUT2D eigenvalue weighted by Crippen LogP contribution is 2.29. The van der Waals surface area contributed by atoms with E-state index in [1.165, 1.54) is 16.4 Å². The summed E-state index contributed by atoms with van der Waals surface area (Å²) >= 11 is 0. The van der Waals surface area contributed by atoms with E-state index in [2.05, 4.69) is 41.4 Å². The molecule has 0 aliphatic heterocycles. The first kappa shape index (κ1) is 19.2. The number of tetrazole rings is 1. The topological polar surface area (TPSA) is 63.9 Å². The van der Waals surface area contributed by atoms with Crippen molar-refractivity contribution in [1.29, 1.82) is 0 Å². The van der Waals surface area contributed by atoms with Crippen molar-refractivity contribution in [1.82, 2.24) is 25.1 Å². The predicted molar refractivity (Wildman–Crippen MR) is 107 cm³/mol. The van der Waals surface area contributed by atoms with Crippen molar-refractivity contribution < 1.29 is 9.18 Å². The lowest BCUT2D eigenvalue weighted by Gasteiger charge is -2.22. The second kappa shape index (κ2) is 8.11. The van der Waals surface area contributed by atoms with Gasteiger partial charge < -0.3 is 4.90 Å². The average Bonchev–Trinajstić information content (AvgIpc) is 3.45. The van der Waals surface area contributed by atoms with Gasteiger partial charge in [-0.05, 0) is 35.6 Å². The van der Waals surface area contributed by atoms with E-state index in [1.54, 1.807) is 23.1 Å². The van der Waals surface area contributed by atoms with Gasteiger partial charge in [-0.25, -0.2) is 4.39 Å². The van der Waals surface area contributed by atoms with E-state index >= 15 is 0 Å². The molecular formula is C22H24FN5O. The Kier molecular flexibility index (Phi) is 5.38. The van der Waals surface area contributed by atoms with Crippen LogP contribution in [-0.2, 0) is 17.9 Å². The molecule has 1 aromatic heterocycles. The molecule has 2 aromatic carbocycles. The van der Waals surface area contributed by atoms with E-state index in [9.17, 15) is 9.18 Å². The number of benzene rings is 2. The molecule has 0 unspecified atom stereocenters. The van der Waals surface area contributed by atoms with Crippen LogP contribution in [0.5, 0.6) is 0 Å². The second-order valence-electron chi connectivity index (χ2n) is 7.76. The Morgan fingerprint density at radius 3 is 2.55 bits per heavy atom. The summed E-state index contributed by atoms with van der Waals surface area (Å²) in [7, 11) is 0. The van der Waals surface area contributed by atoms with Crippen LogP contribution in [0.2, 0.25) is 0 Å². The van der Waals surface area contributed by atoms with Crippen molar-refractivity contribution >= 4 is 5.91 Å². The van der Waals surface area contributed by atoms with Crippen LogP contribution in [0.25, 0.3) is 11.4 Å². The summed E-state index contributed by atoms with van der Waals surface area (Å²) in [6.07, 6.45) is 1.89. The fourth-order valence-corrected chi connectivity index (χ4v) is 3.27.